The van der Waals surface area contributed by atoms with Gasteiger partial charge in [0.15, 0.2) is 0 Å². The third-order valence-electron chi connectivity index (χ3n) is 5.02. The molecule has 0 saturated heterocycles. The zero-order chi connectivity index (χ0) is 24.5. The molecule has 0 aromatic heterocycles. The molecule has 188 valence electrons. The molecule has 0 fully saturated rings. The molecule has 0 saturated carbocycles. The van der Waals surface area contributed by atoms with E-state index in [1.165, 1.54) is 0 Å². The molecule has 0 aliphatic heterocycles. The minimum atomic E-state index is -0.970. The van der Waals surface area contributed by atoms with Crippen LogP contribution in [0.25, 0.3) is 0 Å². The Hall–Kier alpha value is -1.32. The molecule has 0 spiro atoms. The predicted octanol–water partition coefficient (Wildman–Crippen LogP) is 0.394. The van der Waals surface area contributed by atoms with Crippen molar-refractivity contribution in [2.24, 2.45) is 0 Å². The van der Waals surface area contributed by atoms with Crippen LogP contribution >= 0.6 is 0 Å². The fourth-order valence-electron chi connectivity index (χ4n) is 3.20. The van der Waals surface area contributed by atoms with Crippen molar-refractivity contribution in [1.29, 1.82) is 0 Å². The van der Waals surface area contributed by atoms with Crippen LogP contribution in [0.3, 0.4) is 0 Å². The molecule has 0 aliphatic carbocycles. The molecule has 0 amide bonds. The van der Waals surface area contributed by atoms with Crippen LogP contribution in [0.4, 0.5) is 0 Å². The molecule has 0 bridgehead atoms. The second kappa shape index (κ2) is 28.7. The van der Waals surface area contributed by atoms with Gasteiger partial charge in [-0.1, -0.05) is 77.0 Å². The van der Waals surface area contributed by atoms with Gasteiger partial charge in [-0.15, -0.1) is 0 Å². The maximum Gasteiger partial charge on any atom is 4.00 e. The van der Waals surface area contributed by atoms with Gasteiger partial charge in [0.2, 0.25) is 0 Å². The van der Waals surface area contributed by atoms with Crippen LogP contribution in [0.5, 0.6) is 0 Å². The Morgan fingerprint density at radius 1 is 0.303 bits per heavy atom. The second-order valence-electron chi connectivity index (χ2n) is 8.14. The van der Waals surface area contributed by atoms with E-state index in [9.17, 15) is 39.6 Å². The van der Waals surface area contributed by atoms with Crippen molar-refractivity contribution in [3.63, 3.8) is 0 Å². The van der Waals surface area contributed by atoms with Crippen LogP contribution in [-0.4, -0.2) is 47.8 Å². The molecule has 0 aliphatic rings. The molecule has 0 aromatic carbocycles. The minimum Gasteiger partial charge on any atom is -0.550 e. The second-order valence-corrected chi connectivity index (χ2v) is 8.14. The van der Waals surface area contributed by atoms with Gasteiger partial charge in [0.1, 0.15) is 0 Å². The number of hydrogen-bond donors (Lipinski definition) is 0. The third-order valence-corrected chi connectivity index (χ3v) is 5.02. The standard InChI is InChI=1S/2C12H22O4.Sn/c2*13-11(14)9-7-5-3-1-2-4-6-8-10-12(15)16;/h2*1-10H2,(H,13,14)(H,15,16);/q;;+4/p-4. The van der Waals surface area contributed by atoms with Crippen molar-refractivity contribution in [3.05, 3.63) is 0 Å². The van der Waals surface area contributed by atoms with Crippen LogP contribution in [0, 0.1) is 0 Å². The molecule has 8 nitrogen and oxygen atoms in total. The summed E-state index contributed by atoms with van der Waals surface area (Å²) >= 11 is 0. The van der Waals surface area contributed by atoms with Crippen LogP contribution in [0.1, 0.15) is 128 Å². The normalized spacial score (nSPS) is 9.94. The van der Waals surface area contributed by atoms with E-state index in [1.54, 1.807) is 0 Å². The monoisotopic (exact) mass is 576 g/mol. The Morgan fingerprint density at radius 3 is 0.545 bits per heavy atom. The van der Waals surface area contributed by atoms with Crippen molar-refractivity contribution < 1.29 is 39.6 Å². The molecule has 0 aromatic rings. The first kappa shape index (κ1) is 36.3. The summed E-state index contributed by atoms with van der Waals surface area (Å²) in [7, 11) is 0. The van der Waals surface area contributed by atoms with Crippen molar-refractivity contribution in [2.45, 2.75) is 128 Å². The van der Waals surface area contributed by atoms with Crippen LogP contribution in [0.15, 0.2) is 0 Å². The Kier molecular flexibility index (Phi) is 31.5. The third kappa shape index (κ3) is 41.4. The number of carboxylic acids is 4. The van der Waals surface area contributed by atoms with E-state index in [1.807, 2.05) is 0 Å². The molecule has 0 heterocycles. The molecule has 33 heavy (non-hydrogen) atoms. The number of unbranched alkanes of at least 4 members (excludes halogenated alkanes) is 14. The van der Waals surface area contributed by atoms with Gasteiger partial charge in [0.25, 0.3) is 0 Å². The number of carbonyl (C=O) groups is 4. The summed E-state index contributed by atoms with van der Waals surface area (Å²) in [6.45, 7) is 0. The van der Waals surface area contributed by atoms with E-state index in [-0.39, 0.29) is 49.6 Å². The number of aliphatic carboxylic acids is 4. The van der Waals surface area contributed by atoms with Crippen molar-refractivity contribution in [1.82, 2.24) is 0 Å². The zero-order valence-electron chi connectivity index (χ0n) is 19.9. The number of rotatable bonds is 22. The molecular formula is C24H40O8Sn. The summed E-state index contributed by atoms with van der Waals surface area (Å²) in [6.07, 6.45) is 15.8. The SMILES string of the molecule is O=C([O-])CCCCCCCCCCC(=O)[O-].O=C([O-])CCCCCCCCCCC(=O)[O-].[Sn+4]. The largest absolute Gasteiger partial charge is 4.00 e. The molecular weight excluding hydrogens is 535 g/mol. The van der Waals surface area contributed by atoms with E-state index in [2.05, 4.69) is 0 Å². The van der Waals surface area contributed by atoms with E-state index < -0.39 is 23.9 Å². The Bertz CT molecular complexity index is 409. The van der Waals surface area contributed by atoms with Gasteiger partial charge in [-0.2, -0.15) is 0 Å². The van der Waals surface area contributed by atoms with Gasteiger partial charge in [-0.05, 0) is 51.4 Å². The number of carboxylic acid groups (broad SMARTS) is 4. The van der Waals surface area contributed by atoms with Gasteiger partial charge in [0.05, 0.1) is 0 Å². The van der Waals surface area contributed by atoms with Gasteiger partial charge in [0, 0.05) is 23.9 Å². The zero-order valence-corrected chi connectivity index (χ0v) is 22.8. The minimum absolute atomic E-state index is 0. The maximum atomic E-state index is 10.1. The topological polar surface area (TPSA) is 161 Å². The van der Waals surface area contributed by atoms with Crippen LogP contribution in [-0.2, 0) is 19.2 Å². The van der Waals surface area contributed by atoms with Crippen molar-refractivity contribution in [2.75, 3.05) is 0 Å². The van der Waals surface area contributed by atoms with Gasteiger partial charge in [-0.3, -0.25) is 0 Å². The number of hydrogen-bond acceptors (Lipinski definition) is 8. The number of carbonyl (C=O) groups excluding carboxylic acids is 4. The van der Waals surface area contributed by atoms with E-state index in [0.29, 0.717) is 25.7 Å². The fourth-order valence-corrected chi connectivity index (χ4v) is 3.20. The first-order valence-corrected chi connectivity index (χ1v) is 12.0. The average molecular weight is 575 g/mol. The van der Waals surface area contributed by atoms with Crippen LogP contribution in [0.2, 0.25) is 0 Å². The van der Waals surface area contributed by atoms with E-state index >= 15 is 0 Å². The smallest absolute Gasteiger partial charge is 0.550 e. The summed E-state index contributed by atoms with van der Waals surface area (Å²) in [5, 5.41) is 40.4. The van der Waals surface area contributed by atoms with Gasteiger partial charge in [-0.25, -0.2) is 0 Å². The summed E-state index contributed by atoms with van der Waals surface area (Å²) in [5.41, 5.74) is 0. The summed E-state index contributed by atoms with van der Waals surface area (Å²) < 4.78 is 0. The quantitative estimate of drug-likeness (QED) is 0.132. The average Bonchev–Trinajstić information content (AvgIpc) is 2.70. The van der Waals surface area contributed by atoms with Crippen LogP contribution < -0.4 is 20.4 Å². The molecule has 0 N–H and O–H groups in total. The molecule has 9 heteroatoms. The van der Waals surface area contributed by atoms with E-state index in [4.69, 9.17) is 0 Å². The molecule has 0 atom stereocenters. The Balaban J connectivity index is -0.000000529. The van der Waals surface area contributed by atoms with E-state index in [0.717, 1.165) is 77.0 Å². The maximum absolute atomic E-state index is 10.1. The Labute approximate surface area is 215 Å². The van der Waals surface area contributed by atoms with Gasteiger partial charge < -0.3 is 39.6 Å². The summed E-state index contributed by atoms with van der Waals surface area (Å²) in [6, 6.07) is 0. The fraction of sp³-hybridized carbons (Fsp3) is 0.833. The van der Waals surface area contributed by atoms with Crippen molar-refractivity contribution >= 4 is 47.8 Å². The summed E-state index contributed by atoms with van der Waals surface area (Å²) in [5.74, 6) is -3.88. The summed E-state index contributed by atoms with van der Waals surface area (Å²) in [4.78, 5) is 40.4. The van der Waals surface area contributed by atoms with Crippen molar-refractivity contribution in [3.8, 4) is 0 Å². The first-order valence-electron chi connectivity index (χ1n) is 12.0. The molecule has 0 rings (SSSR count). The molecule has 0 unspecified atom stereocenters. The predicted molar refractivity (Wildman–Crippen MR) is 118 cm³/mol. The first-order chi connectivity index (χ1) is 15.3. The van der Waals surface area contributed by atoms with Gasteiger partial charge >= 0.3 is 23.9 Å². The molecule has 0 radical (unpaired) electrons. The Morgan fingerprint density at radius 2 is 0.424 bits per heavy atom.